The number of H-pyrrole nitrogens is 1. The predicted octanol–water partition coefficient (Wildman–Crippen LogP) is 4.08. The minimum atomic E-state index is -0.316. The molecule has 0 aliphatic heterocycles. The molecule has 3 aromatic rings. The highest BCUT2D eigenvalue weighted by Gasteiger charge is 2.08. The molecule has 2 aromatic carbocycles. The van der Waals surface area contributed by atoms with Gasteiger partial charge in [-0.25, -0.2) is 5.43 Å². The van der Waals surface area contributed by atoms with Gasteiger partial charge >= 0.3 is 0 Å². The van der Waals surface area contributed by atoms with E-state index in [0.717, 1.165) is 32.1 Å². The number of aromatic nitrogens is 1. The van der Waals surface area contributed by atoms with Crippen LogP contribution in [-0.4, -0.2) is 23.7 Å². The van der Waals surface area contributed by atoms with Crippen molar-refractivity contribution < 1.29 is 9.53 Å². The standard InChI is InChI=1S/C19H18BrN3O2/c1-12-7-13(2)19(16(20)8-12)25-11-18(24)23-22-10-14-3-4-15-5-6-21-17(15)9-14/h3-10,21H,11H2,1-2H3,(H,23,24). The lowest BCUT2D eigenvalue weighted by Gasteiger charge is -2.11. The molecule has 1 aromatic heterocycles. The first-order valence-corrected chi connectivity index (χ1v) is 8.61. The van der Waals surface area contributed by atoms with E-state index in [2.05, 4.69) is 31.4 Å². The van der Waals surface area contributed by atoms with Crippen molar-refractivity contribution in [2.75, 3.05) is 6.61 Å². The number of nitrogens with one attached hydrogen (secondary N) is 2. The fourth-order valence-electron chi connectivity index (χ4n) is 2.58. The molecule has 0 unspecified atom stereocenters. The third-order valence-corrected chi connectivity index (χ3v) is 4.29. The molecule has 128 valence electrons. The van der Waals surface area contributed by atoms with E-state index in [4.69, 9.17) is 4.74 Å². The zero-order valence-electron chi connectivity index (χ0n) is 14.0. The summed E-state index contributed by atoms with van der Waals surface area (Å²) in [6.45, 7) is 3.85. The van der Waals surface area contributed by atoms with Crippen LogP contribution in [0.15, 0.2) is 52.2 Å². The van der Waals surface area contributed by atoms with Gasteiger partial charge in [-0.2, -0.15) is 5.10 Å². The number of benzene rings is 2. The lowest BCUT2D eigenvalue weighted by Crippen LogP contribution is -2.24. The summed E-state index contributed by atoms with van der Waals surface area (Å²) in [7, 11) is 0. The van der Waals surface area contributed by atoms with E-state index >= 15 is 0 Å². The number of carbonyl (C=O) groups excluding carboxylic acids is 1. The summed E-state index contributed by atoms with van der Waals surface area (Å²) in [4.78, 5) is 15.0. The molecule has 0 aliphatic rings. The number of amides is 1. The average Bonchev–Trinajstić information content (AvgIpc) is 3.01. The van der Waals surface area contributed by atoms with E-state index in [1.165, 1.54) is 0 Å². The van der Waals surface area contributed by atoms with E-state index in [9.17, 15) is 4.79 Å². The first-order valence-electron chi connectivity index (χ1n) is 7.81. The van der Waals surface area contributed by atoms with Crippen LogP contribution in [0.3, 0.4) is 0 Å². The van der Waals surface area contributed by atoms with Gasteiger partial charge in [0.2, 0.25) is 0 Å². The largest absolute Gasteiger partial charge is 0.482 e. The third-order valence-electron chi connectivity index (χ3n) is 3.70. The Hall–Kier alpha value is -2.60. The number of halogens is 1. The van der Waals surface area contributed by atoms with Crippen LogP contribution in [0.4, 0.5) is 0 Å². The van der Waals surface area contributed by atoms with Gasteiger partial charge in [-0.15, -0.1) is 0 Å². The molecule has 3 rings (SSSR count). The molecule has 0 fully saturated rings. The molecular weight excluding hydrogens is 382 g/mol. The lowest BCUT2D eigenvalue weighted by molar-refractivity contribution is -0.123. The summed E-state index contributed by atoms with van der Waals surface area (Å²) in [5.74, 6) is 0.353. The Kier molecular flexibility index (Phi) is 5.19. The topological polar surface area (TPSA) is 66.5 Å². The molecule has 1 amide bonds. The fraction of sp³-hybridized carbons (Fsp3) is 0.158. The Balaban J connectivity index is 1.56. The zero-order valence-corrected chi connectivity index (χ0v) is 15.6. The lowest BCUT2D eigenvalue weighted by atomic mass is 10.1. The van der Waals surface area contributed by atoms with Crippen LogP contribution in [0.5, 0.6) is 5.75 Å². The van der Waals surface area contributed by atoms with E-state index in [0.29, 0.717) is 5.75 Å². The van der Waals surface area contributed by atoms with Crippen LogP contribution in [0, 0.1) is 13.8 Å². The summed E-state index contributed by atoms with van der Waals surface area (Å²) in [6, 6.07) is 11.9. The molecule has 0 saturated heterocycles. The number of aryl methyl sites for hydroxylation is 2. The number of carbonyl (C=O) groups is 1. The van der Waals surface area contributed by atoms with Crippen molar-refractivity contribution in [1.82, 2.24) is 10.4 Å². The molecule has 0 spiro atoms. The smallest absolute Gasteiger partial charge is 0.277 e. The molecule has 0 saturated carbocycles. The number of ether oxygens (including phenoxy) is 1. The molecule has 2 N–H and O–H groups in total. The van der Waals surface area contributed by atoms with Gasteiger partial charge in [0.15, 0.2) is 6.61 Å². The van der Waals surface area contributed by atoms with E-state index in [1.807, 2.05) is 56.4 Å². The molecule has 1 heterocycles. The van der Waals surface area contributed by atoms with Crippen molar-refractivity contribution in [3.8, 4) is 5.75 Å². The van der Waals surface area contributed by atoms with Crippen molar-refractivity contribution in [2.45, 2.75) is 13.8 Å². The van der Waals surface area contributed by atoms with Crippen LogP contribution < -0.4 is 10.2 Å². The molecule has 0 bridgehead atoms. The number of hydrazone groups is 1. The van der Waals surface area contributed by atoms with Gasteiger partial charge < -0.3 is 9.72 Å². The first-order chi connectivity index (χ1) is 12.0. The predicted molar refractivity (Wildman–Crippen MR) is 103 cm³/mol. The van der Waals surface area contributed by atoms with Gasteiger partial charge in [-0.05, 0) is 70.1 Å². The van der Waals surface area contributed by atoms with Gasteiger partial charge in [-0.3, -0.25) is 4.79 Å². The highest BCUT2D eigenvalue weighted by molar-refractivity contribution is 9.10. The van der Waals surface area contributed by atoms with Crippen LogP contribution in [0.1, 0.15) is 16.7 Å². The number of fused-ring (bicyclic) bond motifs is 1. The number of hydrogen-bond acceptors (Lipinski definition) is 3. The maximum absolute atomic E-state index is 11.9. The molecule has 0 radical (unpaired) electrons. The van der Waals surface area contributed by atoms with Crippen LogP contribution in [-0.2, 0) is 4.79 Å². The maximum atomic E-state index is 11.9. The van der Waals surface area contributed by atoms with Crippen molar-refractivity contribution in [3.05, 3.63) is 63.8 Å². The van der Waals surface area contributed by atoms with Crippen molar-refractivity contribution >= 4 is 39.0 Å². The van der Waals surface area contributed by atoms with Gasteiger partial charge in [0.1, 0.15) is 5.75 Å². The van der Waals surface area contributed by atoms with Gasteiger partial charge in [0, 0.05) is 11.7 Å². The fourth-order valence-corrected chi connectivity index (χ4v) is 3.37. The van der Waals surface area contributed by atoms with Gasteiger partial charge in [0.25, 0.3) is 5.91 Å². The van der Waals surface area contributed by atoms with Crippen molar-refractivity contribution in [1.29, 1.82) is 0 Å². The minimum absolute atomic E-state index is 0.102. The Morgan fingerprint density at radius 3 is 2.92 bits per heavy atom. The monoisotopic (exact) mass is 399 g/mol. The molecule has 0 atom stereocenters. The second-order valence-corrected chi connectivity index (χ2v) is 6.65. The number of hydrogen-bond donors (Lipinski definition) is 2. The summed E-state index contributed by atoms with van der Waals surface area (Å²) in [5.41, 5.74) is 6.50. The summed E-state index contributed by atoms with van der Waals surface area (Å²) >= 11 is 3.46. The van der Waals surface area contributed by atoms with Gasteiger partial charge in [-0.1, -0.05) is 18.2 Å². The highest BCUT2D eigenvalue weighted by Crippen LogP contribution is 2.30. The van der Waals surface area contributed by atoms with E-state index in [-0.39, 0.29) is 12.5 Å². The second-order valence-electron chi connectivity index (χ2n) is 5.80. The van der Waals surface area contributed by atoms with Gasteiger partial charge in [0.05, 0.1) is 10.7 Å². The van der Waals surface area contributed by atoms with Crippen molar-refractivity contribution in [3.63, 3.8) is 0 Å². The second kappa shape index (κ2) is 7.53. The first kappa shape index (κ1) is 17.2. The van der Waals surface area contributed by atoms with E-state index < -0.39 is 0 Å². The quantitative estimate of drug-likeness (QED) is 0.501. The van der Waals surface area contributed by atoms with Crippen LogP contribution >= 0.6 is 15.9 Å². The zero-order chi connectivity index (χ0) is 17.8. The summed E-state index contributed by atoms with van der Waals surface area (Å²) in [5, 5.41) is 5.11. The maximum Gasteiger partial charge on any atom is 0.277 e. The highest BCUT2D eigenvalue weighted by atomic mass is 79.9. The molecule has 0 aliphatic carbocycles. The Labute approximate surface area is 154 Å². The molecule has 25 heavy (non-hydrogen) atoms. The summed E-state index contributed by atoms with van der Waals surface area (Å²) < 4.78 is 6.43. The Morgan fingerprint density at radius 1 is 1.28 bits per heavy atom. The number of rotatable bonds is 5. The molecular formula is C19H18BrN3O2. The average molecular weight is 400 g/mol. The van der Waals surface area contributed by atoms with E-state index in [1.54, 1.807) is 6.21 Å². The molecule has 5 nitrogen and oxygen atoms in total. The van der Waals surface area contributed by atoms with Crippen LogP contribution in [0.2, 0.25) is 0 Å². The normalized spacial score (nSPS) is 11.2. The Bertz CT molecular complexity index is 924. The third kappa shape index (κ3) is 4.28. The Morgan fingerprint density at radius 2 is 2.12 bits per heavy atom. The number of aromatic amines is 1. The minimum Gasteiger partial charge on any atom is -0.482 e. The van der Waals surface area contributed by atoms with Crippen molar-refractivity contribution in [2.24, 2.45) is 5.10 Å². The summed E-state index contributed by atoms with van der Waals surface area (Å²) in [6.07, 6.45) is 3.49. The molecule has 6 heteroatoms. The SMILES string of the molecule is Cc1cc(C)c(OCC(=O)NN=Cc2ccc3cc[nH]c3c2)c(Br)c1. The van der Waals surface area contributed by atoms with Crippen LogP contribution in [0.25, 0.3) is 10.9 Å². The number of nitrogens with zero attached hydrogens (tertiary/aromatic N) is 1.